The molecule has 0 fully saturated rings. The van der Waals surface area contributed by atoms with Crippen molar-refractivity contribution in [3.63, 3.8) is 0 Å². The van der Waals surface area contributed by atoms with E-state index in [0.717, 1.165) is 12.8 Å². The van der Waals surface area contributed by atoms with Gasteiger partial charge in [0.25, 0.3) is 0 Å². The van der Waals surface area contributed by atoms with Crippen molar-refractivity contribution in [1.82, 2.24) is 0 Å². The lowest BCUT2D eigenvalue weighted by atomic mass is 9.83. The number of rotatable bonds is 26. The second-order valence-corrected chi connectivity index (χ2v) is 10.1. The summed E-state index contributed by atoms with van der Waals surface area (Å²) in [6.07, 6.45) is 24.6. The zero-order valence-electron chi connectivity index (χ0n) is 23.4. The predicted molar refractivity (Wildman–Crippen MR) is 142 cm³/mol. The van der Waals surface area contributed by atoms with Crippen LogP contribution in [0.1, 0.15) is 136 Å². The van der Waals surface area contributed by atoms with Gasteiger partial charge in [-0.15, -0.1) is 0 Å². The van der Waals surface area contributed by atoms with E-state index in [1.807, 2.05) is 0 Å². The van der Waals surface area contributed by atoms with Gasteiger partial charge in [0.15, 0.2) is 12.6 Å². The van der Waals surface area contributed by atoms with E-state index in [1.165, 1.54) is 109 Å². The first kappa shape index (κ1) is 32.8. The lowest BCUT2D eigenvalue weighted by molar-refractivity contribution is -0.123. The number of ether oxygens (including phenoxy) is 4. The molecule has 2 atom stereocenters. The first-order chi connectivity index (χ1) is 16.1. The van der Waals surface area contributed by atoms with Gasteiger partial charge in [-0.25, -0.2) is 0 Å². The summed E-state index contributed by atoms with van der Waals surface area (Å²) in [4.78, 5) is 0. The minimum Gasteiger partial charge on any atom is -0.356 e. The molecule has 0 aromatic rings. The van der Waals surface area contributed by atoms with E-state index in [-0.39, 0.29) is 12.6 Å². The van der Waals surface area contributed by atoms with Crippen LogP contribution in [0.4, 0.5) is 0 Å². The van der Waals surface area contributed by atoms with Crippen LogP contribution in [-0.2, 0) is 18.9 Å². The van der Waals surface area contributed by atoms with E-state index < -0.39 is 0 Å². The van der Waals surface area contributed by atoms with Gasteiger partial charge in [0, 0.05) is 41.3 Å². The molecule has 0 aliphatic rings. The topological polar surface area (TPSA) is 36.9 Å². The molecule has 0 N–H and O–H groups in total. The largest absolute Gasteiger partial charge is 0.356 e. The number of methoxy groups -OCH3 is 4. The molecule has 4 nitrogen and oxygen atoms in total. The molecule has 0 aromatic carbocycles. The Labute approximate surface area is 207 Å². The molecule has 0 rings (SSSR count). The van der Waals surface area contributed by atoms with Crippen LogP contribution in [0.2, 0.25) is 0 Å². The maximum Gasteiger partial charge on any atom is 0.157 e. The maximum atomic E-state index is 5.58. The van der Waals surface area contributed by atoms with Crippen molar-refractivity contribution in [2.75, 3.05) is 28.4 Å². The van der Waals surface area contributed by atoms with Crippen molar-refractivity contribution in [1.29, 1.82) is 0 Å². The molecule has 2 unspecified atom stereocenters. The maximum absolute atomic E-state index is 5.58. The monoisotopic (exact) mass is 472 g/mol. The summed E-state index contributed by atoms with van der Waals surface area (Å²) in [5, 5.41) is 0. The molecule has 0 saturated heterocycles. The fourth-order valence-corrected chi connectivity index (χ4v) is 5.04. The Kier molecular flexibility index (Phi) is 24.8. The Morgan fingerprint density at radius 2 is 0.697 bits per heavy atom. The minimum atomic E-state index is -0.0978. The molecular weight excluding hydrogens is 412 g/mol. The van der Waals surface area contributed by atoms with Gasteiger partial charge >= 0.3 is 0 Å². The third kappa shape index (κ3) is 19.8. The second-order valence-electron chi connectivity index (χ2n) is 10.1. The number of unbranched alkanes of at least 4 members (excludes halogenated alkanes) is 12. The van der Waals surface area contributed by atoms with Gasteiger partial charge in [-0.1, -0.05) is 117 Å². The van der Waals surface area contributed by atoms with Crippen molar-refractivity contribution in [2.45, 2.75) is 148 Å². The Balaban J connectivity index is 4.72. The molecule has 0 amide bonds. The summed E-state index contributed by atoms with van der Waals surface area (Å²) in [6, 6.07) is 0. The first-order valence-electron chi connectivity index (χ1n) is 14.3. The summed E-state index contributed by atoms with van der Waals surface area (Å²) in [5.41, 5.74) is 0. The van der Waals surface area contributed by atoms with Crippen LogP contribution in [0.5, 0.6) is 0 Å². The molecule has 0 aliphatic carbocycles. The van der Waals surface area contributed by atoms with E-state index in [9.17, 15) is 0 Å². The predicted octanol–water partition coefficient (Wildman–Crippen LogP) is 8.91. The molecule has 4 heteroatoms. The summed E-state index contributed by atoms with van der Waals surface area (Å²) in [7, 11) is 7.06. The summed E-state index contributed by atoms with van der Waals surface area (Å²) in [5.74, 6) is 1.27. The van der Waals surface area contributed by atoms with E-state index >= 15 is 0 Å². The van der Waals surface area contributed by atoms with Gasteiger partial charge in [0.2, 0.25) is 0 Å². The number of hydrogen-bond donors (Lipinski definition) is 0. The van der Waals surface area contributed by atoms with Crippen LogP contribution >= 0.6 is 0 Å². The van der Waals surface area contributed by atoms with Gasteiger partial charge in [0.05, 0.1) is 0 Å². The highest BCUT2D eigenvalue weighted by molar-refractivity contribution is 4.71. The van der Waals surface area contributed by atoms with Crippen LogP contribution in [0.25, 0.3) is 0 Å². The molecule has 0 saturated carbocycles. The van der Waals surface area contributed by atoms with Crippen LogP contribution < -0.4 is 0 Å². The van der Waals surface area contributed by atoms with Crippen LogP contribution in [0, 0.1) is 11.8 Å². The minimum absolute atomic E-state index is 0.0978. The van der Waals surface area contributed by atoms with E-state index in [0.29, 0.717) is 11.8 Å². The van der Waals surface area contributed by atoms with Gasteiger partial charge in [-0.3, -0.25) is 0 Å². The second kappa shape index (κ2) is 24.9. The number of hydrogen-bond acceptors (Lipinski definition) is 4. The molecule has 33 heavy (non-hydrogen) atoms. The summed E-state index contributed by atoms with van der Waals surface area (Å²) >= 11 is 0. The molecule has 0 bridgehead atoms. The fourth-order valence-electron chi connectivity index (χ4n) is 5.04. The first-order valence-corrected chi connectivity index (χ1v) is 14.3. The molecule has 0 radical (unpaired) electrons. The lowest BCUT2D eigenvalue weighted by Gasteiger charge is -2.28. The zero-order chi connectivity index (χ0) is 24.6. The van der Waals surface area contributed by atoms with E-state index in [1.54, 1.807) is 28.4 Å². The highest BCUT2D eigenvalue weighted by Crippen LogP contribution is 2.31. The molecule has 0 spiro atoms. The Morgan fingerprint density at radius 3 is 1.00 bits per heavy atom. The summed E-state index contributed by atoms with van der Waals surface area (Å²) in [6.45, 7) is 4.57. The fraction of sp³-hybridized carbons (Fsp3) is 1.00. The highest BCUT2D eigenvalue weighted by Gasteiger charge is 2.23. The lowest BCUT2D eigenvalue weighted by Crippen LogP contribution is -2.23. The summed E-state index contributed by atoms with van der Waals surface area (Å²) < 4.78 is 22.3. The molecular formula is C29H60O4. The Morgan fingerprint density at radius 1 is 0.394 bits per heavy atom. The molecule has 0 aliphatic heterocycles. The van der Waals surface area contributed by atoms with E-state index in [2.05, 4.69) is 13.8 Å². The zero-order valence-corrected chi connectivity index (χ0v) is 23.4. The van der Waals surface area contributed by atoms with Gasteiger partial charge in [0.1, 0.15) is 0 Å². The van der Waals surface area contributed by atoms with Gasteiger partial charge in [-0.05, 0) is 18.3 Å². The van der Waals surface area contributed by atoms with Crippen molar-refractivity contribution >= 4 is 0 Å². The SMILES string of the molecule is CCCCCCCCCC(CC(CCCCCCCCC)CC(OC)OC)CC(OC)OC. The van der Waals surface area contributed by atoms with Crippen molar-refractivity contribution in [2.24, 2.45) is 11.8 Å². The normalized spacial score (nSPS) is 13.8. The highest BCUT2D eigenvalue weighted by atomic mass is 16.7. The molecule has 200 valence electrons. The standard InChI is InChI=1S/C29H60O4/c1-7-9-11-13-15-17-19-21-26(24-28(30-3)31-4)23-27(25-29(32-5)33-6)22-20-18-16-14-12-10-8-2/h26-29H,7-25H2,1-6H3. The Bertz CT molecular complexity index is 335. The van der Waals surface area contributed by atoms with Crippen LogP contribution in [0.15, 0.2) is 0 Å². The smallest absolute Gasteiger partial charge is 0.157 e. The van der Waals surface area contributed by atoms with Crippen molar-refractivity contribution in [3.8, 4) is 0 Å². The quantitative estimate of drug-likeness (QED) is 0.0930. The Hall–Kier alpha value is -0.160. The average molecular weight is 473 g/mol. The average Bonchev–Trinajstić information content (AvgIpc) is 2.83. The van der Waals surface area contributed by atoms with E-state index in [4.69, 9.17) is 18.9 Å². The molecule has 0 heterocycles. The van der Waals surface area contributed by atoms with Crippen LogP contribution in [-0.4, -0.2) is 41.0 Å². The van der Waals surface area contributed by atoms with Crippen molar-refractivity contribution < 1.29 is 18.9 Å². The third-order valence-electron chi connectivity index (χ3n) is 7.20. The van der Waals surface area contributed by atoms with Crippen molar-refractivity contribution in [3.05, 3.63) is 0 Å². The van der Waals surface area contributed by atoms with Gasteiger partial charge < -0.3 is 18.9 Å². The molecule has 0 aromatic heterocycles. The third-order valence-corrected chi connectivity index (χ3v) is 7.20. The van der Waals surface area contributed by atoms with Gasteiger partial charge in [-0.2, -0.15) is 0 Å². The van der Waals surface area contributed by atoms with Crippen LogP contribution in [0.3, 0.4) is 0 Å².